The number of carbonyl (C=O) groups excluding carboxylic acids is 5. The van der Waals surface area contributed by atoms with Gasteiger partial charge in [0.25, 0.3) is 5.91 Å². The SMILES string of the molecule is CCOC(=O)CC(C(=O)OCC)N(C)C(=O)c1cc(O)c2c(c1)C(=O)c1cccc(O)c1C2=O. The monoisotopic (exact) mass is 469 g/mol. The molecule has 2 N–H and O–H groups in total. The molecule has 1 aliphatic carbocycles. The van der Waals surface area contributed by atoms with Crippen LogP contribution in [0.2, 0.25) is 0 Å². The van der Waals surface area contributed by atoms with Gasteiger partial charge in [-0.15, -0.1) is 0 Å². The van der Waals surface area contributed by atoms with E-state index in [2.05, 4.69) is 0 Å². The minimum Gasteiger partial charge on any atom is -0.507 e. The van der Waals surface area contributed by atoms with Gasteiger partial charge in [0.2, 0.25) is 5.78 Å². The van der Waals surface area contributed by atoms with Gasteiger partial charge >= 0.3 is 11.9 Å². The number of phenols is 2. The molecular formula is C24H23NO9. The second kappa shape index (κ2) is 9.74. The Morgan fingerprint density at radius 3 is 2.21 bits per heavy atom. The largest absolute Gasteiger partial charge is 0.507 e. The van der Waals surface area contributed by atoms with E-state index in [0.29, 0.717) is 0 Å². The standard InChI is InChI=1S/C24H23NO9/c1-4-33-18(28)11-15(24(32)34-5-2)25(3)23(31)12-9-14-20(17(27)10-12)22(30)19-13(21(14)29)7-6-8-16(19)26/h6-10,15,26-27H,4-5,11H2,1-3H3. The Morgan fingerprint density at radius 2 is 1.56 bits per heavy atom. The summed E-state index contributed by atoms with van der Waals surface area (Å²) in [7, 11) is 1.26. The van der Waals surface area contributed by atoms with E-state index >= 15 is 0 Å². The topological polar surface area (TPSA) is 148 Å². The molecule has 0 saturated carbocycles. The van der Waals surface area contributed by atoms with Crippen molar-refractivity contribution in [2.24, 2.45) is 0 Å². The van der Waals surface area contributed by atoms with E-state index in [9.17, 15) is 34.2 Å². The summed E-state index contributed by atoms with van der Waals surface area (Å²) in [5.74, 6) is -4.82. The lowest BCUT2D eigenvalue weighted by Gasteiger charge is -2.26. The van der Waals surface area contributed by atoms with Gasteiger partial charge in [-0.25, -0.2) is 4.79 Å². The predicted octanol–water partition coefficient (Wildman–Crippen LogP) is 1.83. The fourth-order valence-electron chi connectivity index (χ4n) is 3.75. The molecule has 34 heavy (non-hydrogen) atoms. The second-order valence-corrected chi connectivity index (χ2v) is 7.47. The van der Waals surface area contributed by atoms with Gasteiger partial charge in [-0.3, -0.25) is 19.2 Å². The normalized spacial score (nSPS) is 12.9. The second-order valence-electron chi connectivity index (χ2n) is 7.47. The first-order valence-corrected chi connectivity index (χ1v) is 10.5. The van der Waals surface area contributed by atoms with Crippen LogP contribution in [-0.4, -0.2) is 70.8 Å². The summed E-state index contributed by atoms with van der Waals surface area (Å²) in [6.07, 6.45) is -0.462. The van der Waals surface area contributed by atoms with Crippen LogP contribution in [0.1, 0.15) is 62.5 Å². The van der Waals surface area contributed by atoms with Crippen LogP contribution in [0.25, 0.3) is 0 Å². The van der Waals surface area contributed by atoms with Gasteiger partial charge in [0.1, 0.15) is 17.5 Å². The van der Waals surface area contributed by atoms with E-state index in [1.54, 1.807) is 13.8 Å². The highest BCUT2D eigenvalue weighted by atomic mass is 16.5. The fourth-order valence-corrected chi connectivity index (χ4v) is 3.75. The smallest absolute Gasteiger partial charge is 0.329 e. The maximum absolute atomic E-state index is 13.2. The lowest BCUT2D eigenvalue weighted by Crippen LogP contribution is -2.45. The highest BCUT2D eigenvalue weighted by molar-refractivity contribution is 6.30. The first-order chi connectivity index (χ1) is 16.1. The lowest BCUT2D eigenvalue weighted by atomic mass is 9.82. The Labute approximate surface area is 194 Å². The molecule has 0 radical (unpaired) electrons. The van der Waals surface area contributed by atoms with Crippen LogP contribution in [0, 0.1) is 0 Å². The average molecular weight is 469 g/mol. The summed E-state index contributed by atoms with van der Waals surface area (Å²) in [5.41, 5.74) is -1.06. The molecule has 10 nitrogen and oxygen atoms in total. The molecule has 1 aliphatic rings. The molecule has 10 heteroatoms. The average Bonchev–Trinajstić information content (AvgIpc) is 2.79. The molecule has 0 aliphatic heterocycles. The van der Waals surface area contributed by atoms with Gasteiger partial charge in [0, 0.05) is 23.7 Å². The highest BCUT2D eigenvalue weighted by Gasteiger charge is 2.37. The first-order valence-electron chi connectivity index (χ1n) is 10.5. The Hall–Kier alpha value is -4.21. The van der Waals surface area contributed by atoms with Crippen LogP contribution in [-0.2, 0) is 19.1 Å². The number of carbonyl (C=O) groups is 5. The number of amides is 1. The van der Waals surface area contributed by atoms with E-state index in [4.69, 9.17) is 9.47 Å². The molecule has 0 spiro atoms. The molecule has 3 rings (SSSR count). The molecule has 0 heterocycles. The molecule has 1 atom stereocenters. The maximum atomic E-state index is 13.2. The molecular weight excluding hydrogens is 446 g/mol. The van der Waals surface area contributed by atoms with Gasteiger partial charge in [-0.1, -0.05) is 12.1 Å². The zero-order valence-electron chi connectivity index (χ0n) is 18.8. The number of aromatic hydroxyl groups is 2. The summed E-state index contributed by atoms with van der Waals surface area (Å²) in [5, 5.41) is 20.6. The van der Waals surface area contributed by atoms with Crippen molar-refractivity contribution in [2.75, 3.05) is 20.3 Å². The van der Waals surface area contributed by atoms with Crippen molar-refractivity contribution in [2.45, 2.75) is 26.3 Å². The quantitative estimate of drug-likeness (QED) is 0.495. The maximum Gasteiger partial charge on any atom is 0.329 e. The number of hydrogen-bond donors (Lipinski definition) is 2. The number of nitrogens with zero attached hydrogens (tertiary/aromatic N) is 1. The third-order valence-corrected chi connectivity index (χ3v) is 5.36. The Morgan fingerprint density at radius 1 is 0.912 bits per heavy atom. The van der Waals surface area contributed by atoms with Crippen LogP contribution in [0.5, 0.6) is 11.5 Å². The lowest BCUT2D eigenvalue weighted by molar-refractivity contribution is -0.154. The molecule has 0 bridgehead atoms. The molecule has 0 fully saturated rings. The van der Waals surface area contributed by atoms with Crippen LogP contribution in [0.3, 0.4) is 0 Å². The van der Waals surface area contributed by atoms with Gasteiger partial charge in [0.15, 0.2) is 5.78 Å². The summed E-state index contributed by atoms with van der Waals surface area (Å²) in [6.45, 7) is 3.26. The fraction of sp³-hybridized carbons (Fsp3) is 0.292. The van der Waals surface area contributed by atoms with Gasteiger partial charge in [-0.05, 0) is 32.0 Å². The van der Waals surface area contributed by atoms with E-state index < -0.39 is 53.4 Å². The molecule has 0 aromatic heterocycles. The number of ketones is 2. The van der Waals surface area contributed by atoms with E-state index in [-0.39, 0.29) is 41.0 Å². The number of esters is 2. The molecule has 1 unspecified atom stereocenters. The highest BCUT2D eigenvalue weighted by Crippen LogP contribution is 2.37. The summed E-state index contributed by atoms with van der Waals surface area (Å²) < 4.78 is 9.84. The van der Waals surface area contributed by atoms with Gasteiger partial charge < -0.3 is 24.6 Å². The van der Waals surface area contributed by atoms with Crippen molar-refractivity contribution in [3.05, 3.63) is 58.1 Å². The minimum absolute atomic E-state index is 0.0166. The predicted molar refractivity (Wildman–Crippen MR) is 117 cm³/mol. The summed E-state index contributed by atoms with van der Waals surface area (Å²) in [4.78, 5) is 64.4. The van der Waals surface area contributed by atoms with Crippen LogP contribution < -0.4 is 0 Å². The number of phenolic OH excluding ortho intramolecular Hbond substituents is 2. The van der Waals surface area contributed by atoms with Crippen molar-refractivity contribution in [1.29, 1.82) is 0 Å². The van der Waals surface area contributed by atoms with Gasteiger partial charge in [0.05, 0.1) is 30.8 Å². The van der Waals surface area contributed by atoms with E-state index in [1.807, 2.05) is 0 Å². The van der Waals surface area contributed by atoms with E-state index in [0.717, 1.165) is 17.0 Å². The van der Waals surface area contributed by atoms with Crippen LogP contribution in [0.15, 0.2) is 30.3 Å². The number of hydrogen-bond acceptors (Lipinski definition) is 9. The zero-order chi connectivity index (χ0) is 25.2. The number of likely N-dealkylation sites (N-methyl/N-ethyl adjacent to an activating group) is 1. The summed E-state index contributed by atoms with van der Waals surface area (Å²) in [6, 6.07) is 4.80. The third kappa shape index (κ3) is 4.34. The number of fused-ring (bicyclic) bond motifs is 2. The molecule has 1 amide bonds. The Kier molecular flexibility index (Phi) is 7.00. The van der Waals surface area contributed by atoms with Gasteiger partial charge in [-0.2, -0.15) is 0 Å². The van der Waals surface area contributed by atoms with Crippen LogP contribution in [0.4, 0.5) is 0 Å². The van der Waals surface area contributed by atoms with Crippen LogP contribution >= 0.6 is 0 Å². The number of rotatable bonds is 7. The van der Waals surface area contributed by atoms with Crippen molar-refractivity contribution in [3.63, 3.8) is 0 Å². The van der Waals surface area contributed by atoms with Crippen molar-refractivity contribution in [1.82, 2.24) is 4.90 Å². The third-order valence-electron chi connectivity index (χ3n) is 5.36. The number of benzene rings is 2. The number of ether oxygens (including phenoxy) is 2. The molecule has 178 valence electrons. The molecule has 0 saturated heterocycles. The molecule has 2 aromatic rings. The summed E-state index contributed by atoms with van der Waals surface area (Å²) >= 11 is 0. The Bertz CT molecular complexity index is 1200. The van der Waals surface area contributed by atoms with Crippen molar-refractivity contribution >= 4 is 29.4 Å². The van der Waals surface area contributed by atoms with Crippen molar-refractivity contribution < 1.29 is 43.7 Å². The minimum atomic E-state index is -1.32. The van der Waals surface area contributed by atoms with E-state index in [1.165, 1.54) is 25.2 Å². The van der Waals surface area contributed by atoms with Crippen molar-refractivity contribution in [3.8, 4) is 11.5 Å². The first kappa shape index (κ1) is 24.4. The zero-order valence-corrected chi connectivity index (χ0v) is 18.8. The molecule has 2 aromatic carbocycles. The Balaban J connectivity index is 2.01.